The van der Waals surface area contributed by atoms with Crippen LogP contribution in [0.1, 0.15) is 47.0 Å². The Bertz CT molecular complexity index is 144. The maximum absolute atomic E-state index is 10.2. The lowest BCUT2D eigenvalue weighted by Gasteiger charge is -2.22. The third-order valence-electron chi connectivity index (χ3n) is 1.80. The molecule has 0 rings (SSSR count). The number of hydrogen-bond acceptors (Lipinski definition) is 1. The summed E-state index contributed by atoms with van der Waals surface area (Å²) in [7, 11) is 0. The van der Waals surface area contributed by atoms with Crippen LogP contribution < -0.4 is 0 Å². The van der Waals surface area contributed by atoms with Gasteiger partial charge in [-0.2, -0.15) is 0 Å². The fraction of sp³-hybridized carbons (Fsp3) is 0.900. The molecule has 0 saturated heterocycles. The van der Waals surface area contributed by atoms with Crippen molar-refractivity contribution in [2.45, 2.75) is 47.0 Å². The van der Waals surface area contributed by atoms with Gasteiger partial charge in [0.1, 0.15) is 0 Å². The lowest BCUT2D eigenvalue weighted by molar-refractivity contribution is -0.143. The van der Waals surface area contributed by atoms with Gasteiger partial charge in [-0.1, -0.05) is 27.7 Å². The summed E-state index contributed by atoms with van der Waals surface area (Å²) in [6.07, 6.45) is 2.00. The van der Waals surface area contributed by atoms with Crippen LogP contribution in [-0.4, -0.2) is 5.97 Å². The topological polar surface area (TPSA) is 37.0 Å². The fourth-order valence-corrected chi connectivity index (χ4v) is 1.51. The zero-order chi connectivity index (χ0) is 9.78. The van der Waals surface area contributed by atoms with E-state index in [1.54, 1.807) is 0 Å². The van der Waals surface area contributed by atoms with Gasteiger partial charge in [0.2, 0.25) is 0 Å². The van der Waals surface area contributed by atoms with E-state index in [1.807, 2.05) is 0 Å². The van der Waals surface area contributed by atoms with Crippen LogP contribution in [0, 0.1) is 11.3 Å². The van der Waals surface area contributed by atoms with Gasteiger partial charge in [0, 0.05) is 0 Å². The van der Waals surface area contributed by atoms with Gasteiger partial charge in [-0.3, -0.25) is 0 Å². The van der Waals surface area contributed by atoms with Crippen LogP contribution in [0.3, 0.4) is 0 Å². The van der Waals surface area contributed by atoms with Crippen LogP contribution in [0.2, 0.25) is 0 Å². The van der Waals surface area contributed by atoms with Gasteiger partial charge in [0.05, 0.1) is 6.42 Å². The van der Waals surface area contributed by atoms with E-state index in [2.05, 4.69) is 27.7 Å². The molecule has 2 heteroatoms. The van der Waals surface area contributed by atoms with Crippen LogP contribution in [-0.2, 0) is 9.90 Å². The quantitative estimate of drug-likeness (QED) is 0.640. The largest absolute Gasteiger partial charge is 0.355 e. The Balaban J connectivity index is 3.60. The highest BCUT2D eigenvalue weighted by molar-refractivity contribution is 5.66. The molecule has 0 bridgehead atoms. The van der Waals surface area contributed by atoms with Crippen molar-refractivity contribution in [2.75, 3.05) is 0 Å². The van der Waals surface area contributed by atoms with Crippen molar-refractivity contribution in [3.63, 3.8) is 0 Å². The Morgan fingerprint density at radius 2 is 1.83 bits per heavy atom. The van der Waals surface area contributed by atoms with Gasteiger partial charge in [0.25, 0.3) is 0 Å². The van der Waals surface area contributed by atoms with E-state index in [0.29, 0.717) is 11.3 Å². The lowest BCUT2D eigenvalue weighted by Crippen LogP contribution is -2.11. The normalized spacial score (nSPS) is 14.3. The van der Waals surface area contributed by atoms with Crippen LogP contribution in [0.15, 0.2) is 0 Å². The van der Waals surface area contributed by atoms with Gasteiger partial charge in [-0.15, -0.1) is 0 Å². The standard InChI is InChI=1S/C10H19O2/c1-8(5-6-9(11)12)7-10(2,3)4/h8H,5-7H2,1-4H3. The smallest absolute Gasteiger partial charge is 0.247 e. The molecule has 0 aromatic carbocycles. The van der Waals surface area contributed by atoms with Gasteiger partial charge in [-0.25, -0.2) is 9.90 Å². The molecule has 1 atom stereocenters. The first-order chi connectivity index (χ1) is 5.31. The maximum Gasteiger partial charge on any atom is 0.355 e. The first kappa shape index (κ1) is 11.5. The van der Waals surface area contributed by atoms with E-state index >= 15 is 0 Å². The van der Waals surface area contributed by atoms with Crippen LogP contribution in [0.4, 0.5) is 0 Å². The van der Waals surface area contributed by atoms with Crippen molar-refractivity contribution < 1.29 is 9.90 Å². The molecule has 0 spiro atoms. The van der Waals surface area contributed by atoms with Crippen molar-refractivity contribution in [3.8, 4) is 0 Å². The molecule has 2 nitrogen and oxygen atoms in total. The minimum absolute atomic E-state index is 0.192. The predicted molar refractivity (Wildman–Crippen MR) is 48.2 cm³/mol. The summed E-state index contributed by atoms with van der Waals surface area (Å²) < 4.78 is 0. The Morgan fingerprint density at radius 3 is 2.17 bits per heavy atom. The molecule has 0 aliphatic rings. The van der Waals surface area contributed by atoms with Crippen LogP contribution in [0.25, 0.3) is 0 Å². The fourth-order valence-electron chi connectivity index (χ4n) is 1.51. The summed E-state index contributed by atoms with van der Waals surface area (Å²) in [6.45, 7) is 8.60. The van der Waals surface area contributed by atoms with Crippen molar-refractivity contribution in [1.82, 2.24) is 0 Å². The first-order valence-corrected chi connectivity index (χ1v) is 4.51. The predicted octanol–water partition coefficient (Wildman–Crippen LogP) is 2.80. The average molecular weight is 171 g/mol. The molecular weight excluding hydrogens is 152 g/mol. The van der Waals surface area contributed by atoms with Gasteiger partial charge in [-0.05, 0) is 24.2 Å². The molecule has 0 heterocycles. The molecule has 0 aliphatic heterocycles. The molecule has 0 fully saturated rings. The molecule has 0 aromatic rings. The minimum atomic E-state index is -0.934. The SMILES string of the molecule is CC(CCC([O])=O)CC(C)(C)C. The third-order valence-corrected chi connectivity index (χ3v) is 1.80. The van der Waals surface area contributed by atoms with Crippen LogP contribution in [0.5, 0.6) is 0 Å². The van der Waals surface area contributed by atoms with E-state index in [9.17, 15) is 9.90 Å². The minimum Gasteiger partial charge on any atom is -0.247 e. The average Bonchev–Trinajstić information content (AvgIpc) is 1.79. The van der Waals surface area contributed by atoms with Crippen molar-refractivity contribution >= 4 is 5.97 Å². The summed E-state index contributed by atoms with van der Waals surface area (Å²) in [5, 5.41) is 10.2. The second kappa shape index (κ2) is 4.48. The van der Waals surface area contributed by atoms with E-state index in [4.69, 9.17) is 0 Å². The molecule has 0 saturated carbocycles. The number of carbonyl (C=O) groups is 1. The van der Waals surface area contributed by atoms with Gasteiger partial charge in [0.15, 0.2) is 0 Å². The second-order valence-corrected chi connectivity index (χ2v) is 4.78. The number of hydrogen-bond donors (Lipinski definition) is 0. The molecule has 12 heavy (non-hydrogen) atoms. The Labute approximate surface area is 75.0 Å². The Hall–Kier alpha value is -0.530. The Morgan fingerprint density at radius 1 is 1.33 bits per heavy atom. The first-order valence-electron chi connectivity index (χ1n) is 4.51. The highest BCUT2D eigenvalue weighted by atomic mass is 16.4. The summed E-state index contributed by atoms with van der Waals surface area (Å²) in [5.74, 6) is -0.460. The summed E-state index contributed by atoms with van der Waals surface area (Å²) in [5.41, 5.74) is 0.297. The molecule has 0 aromatic heterocycles. The highest BCUT2D eigenvalue weighted by Crippen LogP contribution is 2.26. The van der Waals surface area contributed by atoms with E-state index < -0.39 is 5.97 Å². The molecular formula is C10H19O2. The second-order valence-electron chi connectivity index (χ2n) is 4.78. The zero-order valence-corrected chi connectivity index (χ0v) is 8.52. The zero-order valence-electron chi connectivity index (χ0n) is 8.52. The van der Waals surface area contributed by atoms with Crippen LogP contribution >= 0.6 is 0 Å². The monoisotopic (exact) mass is 171 g/mol. The molecule has 71 valence electrons. The highest BCUT2D eigenvalue weighted by Gasteiger charge is 2.15. The van der Waals surface area contributed by atoms with E-state index in [-0.39, 0.29) is 6.42 Å². The number of carbonyl (C=O) groups excluding carboxylic acids is 1. The lowest BCUT2D eigenvalue weighted by atomic mass is 9.84. The molecule has 0 amide bonds. The molecule has 1 unspecified atom stereocenters. The summed E-state index contributed by atoms with van der Waals surface area (Å²) >= 11 is 0. The van der Waals surface area contributed by atoms with Crippen molar-refractivity contribution in [2.24, 2.45) is 11.3 Å². The Kier molecular flexibility index (Phi) is 4.29. The third kappa shape index (κ3) is 7.58. The van der Waals surface area contributed by atoms with Crippen molar-refractivity contribution in [3.05, 3.63) is 0 Å². The maximum atomic E-state index is 10.2. The summed E-state index contributed by atoms with van der Waals surface area (Å²) in [6, 6.07) is 0. The summed E-state index contributed by atoms with van der Waals surface area (Å²) in [4.78, 5) is 10.2. The molecule has 0 N–H and O–H groups in total. The van der Waals surface area contributed by atoms with E-state index in [0.717, 1.165) is 12.8 Å². The number of rotatable bonds is 4. The molecule has 1 radical (unpaired) electrons. The molecule has 0 aliphatic carbocycles. The van der Waals surface area contributed by atoms with Crippen molar-refractivity contribution in [1.29, 1.82) is 0 Å². The van der Waals surface area contributed by atoms with E-state index in [1.165, 1.54) is 0 Å². The van der Waals surface area contributed by atoms with Gasteiger partial charge < -0.3 is 0 Å². The van der Waals surface area contributed by atoms with Gasteiger partial charge >= 0.3 is 5.97 Å².